The standard InChI is InChI=1S/C20H23NO7S/c21-29(23,24)19-9-7-16(8-10-19)26-12-13-27-20(22)15-3-5-17(6-4-15)28-14-18-2-1-11-25-18/h3-10,18H,1-2,11-14H2,(H2,21,23,24)/t18-/m0/s1. The van der Waals surface area contributed by atoms with Gasteiger partial charge < -0.3 is 18.9 Å². The van der Waals surface area contributed by atoms with Crippen LogP contribution in [0.2, 0.25) is 0 Å². The largest absolute Gasteiger partial charge is 0.491 e. The number of hydrogen-bond acceptors (Lipinski definition) is 7. The van der Waals surface area contributed by atoms with Gasteiger partial charge in [-0.3, -0.25) is 0 Å². The molecule has 9 heteroatoms. The Morgan fingerprint density at radius 2 is 1.66 bits per heavy atom. The molecule has 0 unspecified atom stereocenters. The molecule has 1 atom stereocenters. The van der Waals surface area contributed by atoms with Gasteiger partial charge in [0.2, 0.25) is 10.0 Å². The molecule has 156 valence electrons. The van der Waals surface area contributed by atoms with Crippen LogP contribution >= 0.6 is 0 Å². The summed E-state index contributed by atoms with van der Waals surface area (Å²) < 4.78 is 44.1. The summed E-state index contributed by atoms with van der Waals surface area (Å²) in [5, 5.41) is 5.03. The van der Waals surface area contributed by atoms with Crippen LogP contribution in [0.5, 0.6) is 11.5 Å². The first-order valence-corrected chi connectivity index (χ1v) is 10.7. The van der Waals surface area contributed by atoms with Gasteiger partial charge in [0.1, 0.15) is 31.3 Å². The number of carbonyl (C=O) groups is 1. The van der Waals surface area contributed by atoms with E-state index in [0.29, 0.717) is 23.7 Å². The molecule has 2 aromatic rings. The summed E-state index contributed by atoms with van der Waals surface area (Å²) in [5.74, 6) is 0.647. The van der Waals surface area contributed by atoms with Crippen molar-refractivity contribution in [3.05, 3.63) is 54.1 Å². The Morgan fingerprint density at radius 1 is 1.00 bits per heavy atom. The van der Waals surface area contributed by atoms with E-state index in [1.165, 1.54) is 24.3 Å². The van der Waals surface area contributed by atoms with Crippen molar-refractivity contribution in [3.8, 4) is 11.5 Å². The van der Waals surface area contributed by atoms with E-state index in [9.17, 15) is 13.2 Å². The molecule has 0 saturated carbocycles. The van der Waals surface area contributed by atoms with Crippen molar-refractivity contribution in [2.24, 2.45) is 5.14 Å². The molecule has 2 aromatic carbocycles. The van der Waals surface area contributed by atoms with Gasteiger partial charge in [0.05, 0.1) is 16.6 Å². The molecule has 2 N–H and O–H groups in total. The molecule has 1 heterocycles. The second-order valence-electron chi connectivity index (χ2n) is 6.47. The maximum atomic E-state index is 12.1. The number of carbonyl (C=O) groups excluding carboxylic acids is 1. The van der Waals surface area contributed by atoms with E-state index in [4.69, 9.17) is 24.1 Å². The predicted octanol–water partition coefficient (Wildman–Crippen LogP) is 2.13. The molecule has 0 amide bonds. The molecular formula is C20H23NO7S. The zero-order chi connectivity index (χ0) is 20.7. The molecule has 0 radical (unpaired) electrons. The molecule has 3 rings (SSSR count). The lowest BCUT2D eigenvalue weighted by Crippen LogP contribution is -2.16. The highest BCUT2D eigenvalue weighted by molar-refractivity contribution is 7.89. The molecule has 29 heavy (non-hydrogen) atoms. The third kappa shape index (κ3) is 6.45. The van der Waals surface area contributed by atoms with E-state index in [-0.39, 0.29) is 24.2 Å². The Balaban J connectivity index is 1.38. The van der Waals surface area contributed by atoms with E-state index < -0.39 is 16.0 Å². The molecule has 1 aliphatic rings. The van der Waals surface area contributed by atoms with Gasteiger partial charge in [-0.25, -0.2) is 18.4 Å². The highest BCUT2D eigenvalue weighted by Gasteiger charge is 2.16. The van der Waals surface area contributed by atoms with Crippen LogP contribution in [0.3, 0.4) is 0 Å². The van der Waals surface area contributed by atoms with Crippen LogP contribution in [0.1, 0.15) is 23.2 Å². The second-order valence-corrected chi connectivity index (χ2v) is 8.03. The topological polar surface area (TPSA) is 114 Å². The van der Waals surface area contributed by atoms with E-state index in [2.05, 4.69) is 0 Å². The molecule has 1 fully saturated rings. The summed E-state index contributed by atoms with van der Waals surface area (Å²) in [6.45, 7) is 1.46. The first-order chi connectivity index (χ1) is 13.9. The average Bonchev–Trinajstić information content (AvgIpc) is 3.23. The van der Waals surface area contributed by atoms with Crippen molar-refractivity contribution in [3.63, 3.8) is 0 Å². The highest BCUT2D eigenvalue weighted by Crippen LogP contribution is 2.17. The molecular weight excluding hydrogens is 398 g/mol. The number of hydrogen-bond donors (Lipinski definition) is 1. The molecule has 8 nitrogen and oxygen atoms in total. The van der Waals surface area contributed by atoms with Gasteiger partial charge in [0.15, 0.2) is 0 Å². The minimum Gasteiger partial charge on any atom is -0.491 e. The Labute approximate surface area is 169 Å². The van der Waals surface area contributed by atoms with Crippen molar-refractivity contribution in [1.82, 2.24) is 0 Å². The van der Waals surface area contributed by atoms with Gasteiger partial charge >= 0.3 is 5.97 Å². The van der Waals surface area contributed by atoms with E-state index in [1.54, 1.807) is 24.3 Å². The van der Waals surface area contributed by atoms with Gasteiger partial charge in [0.25, 0.3) is 0 Å². The van der Waals surface area contributed by atoms with Crippen LogP contribution in [-0.4, -0.2) is 46.9 Å². The van der Waals surface area contributed by atoms with Crippen LogP contribution in [0.4, 0.5) is 0 Å². The summed E-state index contributed by atoms with van der Waals surface area (Å²) in [4.78, 5) is 12.1. The van der Waals surface area contributed by atoms with Crippen molar-refractivity contribution in [2.45, 2.75) is 23.8 Å². The first kappa shape index (κ1) is 21.1. The number of sulfonamides is 1. The van der Waals surface area contributed by atoms with Gasteiger partial charge in [-0.1, -0.05) is 0 Å². The lowest BCUT2D eigenvalue weighted by molar-refractivity contribution is 0.0450. The van der Waals surface area contributed by atoms with Crippen LogP contribution in [0, 0.1) is 0 Å². The van der Waals surface area contributed by atoms with Crippen LogP contribution < -0.4 is 14.6 Å². The predicted molar refractivity (Wildman–Crippen MR) is 105 cm³/mol. The maximum Gasteiger partial charge on any atom is 0.338 e. The number of primary sulfonamides is 1. The molecule has 1 aliphatic heterocycles. The van der Waals surface area contributed by atoms with E-state index in [0.717, 1.165) is 19.4 Å². The number of esters is 1. The van der Waals surface area contributed by atoms with Crippen LogP contribution in [0.25, 0.3) is 0 Å². The summed E-state index contributed by atoms with van der Waals surface area (Å²) in [6.07, 6.45) is 2.20. The fourth-order valence-electron chi connectivity index (χ4n) is 2.75. The highest BCUT2D eigenvalue weighted by atomic mass is 32.2. The minimum absolute atomic E-state index is 0.000488. The minimum atomic E-state index is -3.74. The Morgan fingerprint density at radius 3 is 2.28 bits per heavy atom. The van der Waals surface area contributed by atoms with Crippen molar-refractivity contribution in [2.75, 3.05) is 26.4 Å². The average molecular weight is 421 g/mol. The zero-order valence-corrected chi connectivity index (χ0v) is 16.6. The maximum absolute atomic E-state index is 12.1. The number of benzene rings is 2. The Bertz CT molecular complexity index is 905. The summed E-state index contributed by atoms with van der Waals surface area (Å²) in [5.41, 5.74) is 0.409. The monoisotopic (exact) mass is 421 g/mol. The van der Waals surface area contributed by atoms with Gasteiger partial charge in [0, 0.05) is 6.61 Å². The van der Waals surface area contributed by atoms with Gasteiger partial charge in [-0.2, -0.15) is 0 Å². The first-order valence-electron chi connectivity index (χ1n) is 9.19. The normalized spacial score (nSPS) is 16.4. The molecule has 0 spiro atoms. The van der Waals surface area contributed by atoms with Crippen LogP contribution in [0.15, 0.2) is 53.4 Å². The van der Waals surface area contributed by atoms with E-state index >= 15 is 0 Å². The van der Waals surface area contributed by atoms with Crippen molar-refractivity contribution < 1.29 is 32.2 Å². The third-order valence-corrected chi connectivity index (χ3v) is 5.22. The Hall–Kier alpha value is -2.62. The SMILES string of the molecule is NS(=O)(=O)c1ccc(OCCOC(=O)c2ccc(OC[C@@H]3CCCO3)cc2)cc1. The number of nitrogens with two attached hydrogens (primary N) is 1. The molecule has 0 aliphatic carbocycles. The van der Waals surface area contributed by atoms with Gasteiger partial charge in [-0.05, 0) is 61.4 Å². The zero-order valence-electron chi connectivity index (χ0n) is 15.8. The fraction of sp³-hybridized carbons (Fsp3) is 0.350. The van der Waals surface area contributed by atoms with Gasteiger partial charge in [-0.15, -0.1) is 0 Å². The molecule has 0 aromatic heterocycles. The number of rotatable bonds is 9. The van der Waals surface area contributed by atoms with Crippen LogP contribution in [-0.2, 0) is 19.5 Å². The van der Waals surface area contributed by atoms with E-state index in [1.807, 2.05) is 0 Å². The molecule has 1 saturated heterocycles. The quantitative estimate of drug-likeness (QED) is 0.487. The Kier molecular flexibility index (Phi) is 7.08. The summed E-state index contributed by atoms with van der Waals surface area (Å²) in [6, 6.07) is 12.4. The lowest BCUT2D eigenvalue weighted by atomic mass is 10.2. The second kappa shape index (κ2) is 9.73. The molecule has 0 bridgehead atoms. The smallest absolute Gasteiger partial charge is 0.338 e. The third-order valence-electron chi connectivity index (χ3n) is 4.29. The summed E-state index contributed by atoms with van der Waals surface area (Å²) >= 11 is 0. The van der Waals surface area contributed by atoms with Crippen molar-refractivity contribution in [1.29, 1.82) is 0 Å². The number of ether oxygens (including phenoxy) is 4. The lowest BCUT2D eigenvalue weighted by Gasteiger charge is -2.12. The van der Waals surface area contributed by atoms with Crippen molar-refractivity contribution >= 4 is 16.0 Å². The fourth-order valence-corrected chi connectivity index (χ4v) is 3.27. The summed E-state index contributed by atoms with van der Waals surface area (Å²) in [7, 11) is -3.74.